The summed E-state index contributed by atoms with van der Waals surface area (Å²) in [6, 6.07) is 16.6. The fourth-order valence-electron chi connectivity index (χ4n) is 3.20. The normalized spacial score (nSPS) is 12.3. The highest BCUT2D eigenvalue weighted by Gasteiger charge is 2.22. The Morgan fingerprint density at radius 1 is 1.10 bits per heavy atom. The molecule has 5 nitrogen and oxygen atoms in total. The SMILES string of the molecule is CCC([NH2+]CCC(=O)c1cccc(NC(=O)C=C(C)C)c1)C(O)c1ccccc1.[Cl-]. The molecule has 0 heterocycles. The van der Waals surface area contributed by atoms with Gasteiger partial charge in [-0.25, -0.2) is 0 Å². The van der Waals surface area contributed by atoms with E-state index >= 15 is 0 Å². The van der Waals surface area contributed by atoms with Gasteiger partial charge in [-0.3, -0.25) is 9.59 Å². The molecule has 6 heteroatoms. The molecule has 2 rings (SSSR count). The van der Waals surface area contributed by atoms with Crippen molar-refractivity contribution in [3.63, 3.8) is 0 Å². The third-order valence-electron chi connectivity index (χ3n) is 4.73. The Morgan fingerprint density at radius 3 is 2.43 bits per heavy atom. The molecule has 0 bridgehead atoms. The molecule has 0 aliphatic rings. The molecule has 0 aliphatic carbocycles. The van der Waals surface area contributed by atoms with E-state index in [1.807, 2.05) is 56.4 Å². The van der Waals surface area contributed by atoms with E-state index in [0.29, 0.717) is 24.2 Å². The number of allylic oxidation sites excluding steroid dienone is 1. The number of ketones is 1. The van der Waals surface area contributed by atoms with E-state index in [1.165, 1.54) is 6.08 Å². The largest absolute Gasteiger partial charge is 1.00 e. The van der Waals surface area contributed by atoms with E-state index in [0.717, 1.165) is 17.6 Å². The molecule has 0 saturated carbocycles. The van der Waals surface area contributed by atoms with Crippen LogP contribution in [0.1, 0.15) is 55.6 Å². The summed E-state index contributed by atoms with van der Waals surface area (Å²) < 4.78 is 0. The molecule has 2 aromatic rings. The van der Waals surface area contributed by atoms with E-state index in [4.69, 9.17) is 0 Å². The lowest BCUT2D eigenvalue weighted by Gasteiger charge is -2.20. The summed E-state index contributed by atoms with van der Waals surface area (Å²) in [7, 11) is 0. The van der Waals surface area contributed by atoms with Gasteiger partial charge in [-0.2, -0.15) is 0 Å². The van der Waals surface area contributed by atoms with Gasteiger partial charge in [0.1, 0.15) is 12.1 Å². The first-order chi connectivity index (χ1) is 13.9. The van der Waals surface area contributed by atoms with Gasteiger partial charge in [-0.05, 0) is 38.0 Å². The Hall–Kier alpha value is -2.47. The van der Waals surface area contributed by atoms with Crippen LogP contribution in [0.4, 0.5) is 5.69 Å². The van der Waals surface area contributed by atoms with Crippen LogP contribution in [0.3, 0.4) is 0 Å². The molecule has 0 fully saturated rings. The van der Waals surface area contributed by atoms with Crippen molar-refractivity contribution in [1.82, 2.24) is 0 Å². The molecule has 2 aromatic carbocycles. The molecule has 0 aromatic heterocycles. The van der Waals surface area contributed by atoms with Gasteiger partial charge in [-0.15, -0.1) is 0 Å². The number of aliphatic hydroxyl groups excluding tert-OH is 1. The topological polar surface area (TPSA) is 83.0 Å². The number of Topliss-reactive ketones (excluding diaryl/α,β-unsaturated/α-hetero) is 1. The number of benzene rings is 2. The lowest BCUT2D eigenvalue weighted by molar-refractivity contribution is -0.697. The predicted octanol–water partition coefficient (Wildman–Crippen LogP) is 0.244. The third kappa shape index (κ3) is 8.11. The first-order valence-electron chi connectivity index (χ1n) is 10.1. The molecule has 0 aliphatic heterocycles. The van der Waals surface area contributed by atoms with Crippen molar-refractivity contribution >= 4 is 17.4 Å². The number of carbonyl (C=O) groups is 2. The number of nitrogens with one attached hydrogen (secondary N) is 1. The van der Waals surface area contributed by atoms with Crippen LogP contribution < -0.4 is 23.0 Å². The number of hydrogen-bond acceptors (Lipinski definition) is 3. The lowest BCUT2D eigenvalue weighted by atomic mass is 10.00. The zero-order chi connectivity index (χ0) is 21.2. The Kier molecular flexibility index (Phi) is 11.0. The Morgan fingerprint density at radius 2 is 1.80 bits per heavy atom. The molecular weight excluding hydrogens is 400 g/mol. The summed E-state index contributed by atoms with van der Waals surface area (Å²) in [5, 5.41) is 15.4. The fraction of sp³-hybridized carbons (Fsp3) is 0.333. The molecule has 0 saturated heterocycles. The van der Waals surface area contributed by atoms with E-state index < -0.39 is 6.10 Å². The average Bonchev–Trinajstić information content (AvgIpc) is 2.70. The van der Waals surface area contributed by atoms with Crippen LogP contribution in [0.2, 0.25) is 0 Å². The molecule has 162 valence electrons. The summed E-state index contributed by atoms with van der Waals surface area (Å²) >= 11 is 0. The second-order valence-electron chi connectivity index (χ2n) is 7.42. The minimum absolute atomic E-state index is 0. The fourth-order valence-corrected chi connectivity index (χ4v) is 3.20. The first kappa shape index (κ1) is 25.6. The van der Waals surface area contributed by atoms with Gasteiger partial charge < -0.3 is 28.1 Å². The minimum Gasteiger partial charge on any atom is -1.00 e. The summed E-state index contributed by atoms with van der Waals surface area (Å²) in [5.74, 6) is -0.188. The quantitative estimate of drug-likeness (QED) is 0.373. The van der Waals surface area contributed by atoms with Crippen molar-refractivity contribution in [1.29, 1.82) is 0 Å². The smallest absolute Gasteiger partial charge is 0.248 e. The summed E-state index contributed by atoms with van der Waals surface area (Å²) in [6.45, 7) is 6.34. The highest BCUT2D eigenvalue weighted by molar-refractivity contribution is 6.01. The van der Waals surface area contributed by atoms with Gasteiger partial charge >= 0.3 is 0 Å². The Bertz CT molecular complexity index is 849. The van der Waals surface area contributed by atoms with E-state index in [2.05, 4.69) is 5.32 Å². The number of nitrogens with two attached hydrogens (primary N) is 1. The number of carbonyl (C=O) groups excluding carboxylic acids is 2. The molecule has 1 amide bonds. The monoisotopic (exact) mass is 430 g/mol. The number of quaternary nitrogens is 1. The van der Waals surface area contributed by atoms with Crippen LogP contribution >= 0.6 is 0 Å². The average molecular weight is 431 g/mol. The molecule has 4 N–H and O–H groups in total. The van der Waals surface area contributed by atoms with Crippen molar-refractivity contribution in [2.75, 3.05) is 11.9 Å². The number of hydrogen-bond donors (Lipinski definition) is 3. The van der Waals surface area contributed by atoms with Gasteiger partial charge in [0.2, 0.25) is 5.91 Å². The van der Waals surface area contributed by atoms with Crippen LogP contribution in [0.5, 0.6) is 0 Å². The summed E-state index contributed by atoms with van der Waals surface area (Å²) in [4.78, 5) is 24.4. The molecular formula is C24H31ClN2O3. The third-order valence-corrected chi connectivity index (χ3v) is 4.73. The van der Waals surface area contributed by atoms with Crippen molar-refractivity contribution in [3.8, 4) is 0 Å². The number of halogens is 1. The van der Waals surface area contributed by atoms with Gasteiger partial charge in [0, 0.05) is 17.3 Å². The first-order valence-corrected chi connectivity index (χ1v) is 10.1. The Labute approximate surface area is 185 Å². The molecule has 0 radical (unpaired) electrons. The minimum atomic E-state index is -0.565. The van der Waals surface area contributed by atoms with Crippen LogP contribution in [0.25, 0.3) is 0 Å². The molecule has 2 unspecified atom stereocenters. The van der Waals surface area contributed by atoms with Crippen molar-refractivity contribution < 1.29 is 32.4 Å². The predicted molar refractivity (Wildman–Crippen MR) is 116 cm³/mol. The van der Waals surface area contributed by atoms with Gasteiger partial charge in [-0.1, -0.05) is 55.0 Å². The van der Waals surface area contributed by atoms with Crippen LogP contribution in [0, 0.1) is 0 Å². The highest BCUT2D eigenvalue weighted by atomic mass is 35.5. The zero-order valence-corrected chi connectivity index (χ0v) is 18.5. The van der Waals surface area contributed by atoms with E-state index in [-0.39, 0.29) is 30.1 Å². The van der Waals surface area contributed by atoms with Crippen molar-refractivity contribution in [2.24, 2.45) is 0 Å². The van der Waals surface area contributed by atoms with Crippen LogP contribution in [-0.4, -0.2) is 29.4 Å². The van der Waals surface area contributed by atoms with Crippen molar-refractivity contribution in [3.05, 3.63) is 77.4 Å². The number of anilines is 1. The Balaban J connectivity index is 0.00000450. The highest BCUT2D eigenvalue weighted by Crippen LogP contribution is 2.16. The van der Waals surface area contributed by atoms with Gasteiger partial charge in [0.25, 0.3) is 0 Å². The molecule has 0 spiro atoms. The number of rotatable bonds is 10. The summed E-state index contributed by atoms with van der Waals surface area (Å²) in [5.41, 5.74) is 2.98. The van der Waals surface area contributed by atoms with Gasteiger partial charge in [0.15, 0.2) is 5.78 Å². The van der Waals surface area contributed by atoms with Crippen LogP contribution in [0.15, 0.2) is 66.2 Å². The maximum Gasteiger partial charge on any atom is 0.248 e. The molecule has 30 heavy (non-hydrogen) atoms. The maximum absolute atomic E-state index is 12.6. The number of amides is 1. The maximum atomic E-state index is 12.6. The lowest BCUT2D eigenvalue weighted by Crippen LogP contribution is -3.00. The second-order valence-corrected chi connectivity index (χ2v) is 7.42. The van der Waals surface area contributed by atoms with E-state index in [1.54, 1.807) is 24.3 Å². The standard InChI is InChI=1S/C24H30N2O3.ClH/c1-4-21(24(29)18-9-6-5-7-10-18)25-14-13-22(27)19-11-8-12-20(16-19)26-23(28)15-17(2)3;/h5-12,15-16,21,24-25,29H,4,13-14H2,1-3H3,(H,26,28);1H. The second kappa shape index (κ2) is 13.0. The summed E-state index contributed by atoms with van der Waals surface area (Å²) in [6.07, 6.45) is 2.12. The van der Waals surface area contributed by atoms with Gasteiger partial charge in [0.05, 0.1) is 13.0 Å². The van der Waals surface area contributed by atoms with E-state index in [9.17, 15) is 14.7 Å². The zero-order valence-electron chi connectivity index (χ0n) is 17.8. The number of aliphatic hydroxyl groups is 1. The van der Waals surface area contributed by atoms with Crippen LogP contribution in [-0.2, 0) is 4.79 Å². The van der Waals surface area contributed by atoms with Crippen molar-refractivity contribution in [2.45, 2.75) is 45.8 Å². The molecule has 2 atom stereocenters.